The lowest BCUT2D eigenvalue weighted by atomic mass is 10.1. The molecule has 3 aromatic heterocycles. The van der Waals surface area contributed by atoms with E-state index >= 15 is 0 Å². The molecule has 2 amide bonds. The number of benzene rings is 1. The number of rotatable bonds is 4. The Bertz CT molecular complexity index is 1160. The lowest BCUT2D eigenvalue weighted by Gasteiger charge is -2.07. The van der Waals surface area contributed by atoms with E-state index < -0.39 is 0 Å². The van der Waals surface area contributed by atoms with Crippen molar-refractivity contribution in [1.29, 1.82) is 0 Å². The smallest absolute Gasteiger partial charge is 0.321 e. The van der Waals surface area contributed by atoms with E-state index in [1.54, 1.807) is 17.1 Å². The van der Waals surface area contributed by atoms with Crippen molar-refractivity contribution in [3.8, 4) is 16.8 Å². The molecule has 0 aliphatic carbocycles. The Morgan fingerprint density at radius 2 is 2.15 bits per heavy atom. The van der Waals surface area contributed by atoms with Crippen LogP contribution in [0.3, 0.4) is 0 Å². The van der Waals surface area contributed by atoms with Crippen LogP contribution in [0.15, 0.2) is 53.7 Å². The highest BCUT2D eigenvalue weighted by Crippen LogP contribution is 2.29. The third-order valence-electron chi connectivity index (χ3n) is 4.00. The van der Waals surface area contributed by atoms with Gasteiger partial charge in [0, 0.05) is 31.2 Å². The van der Waals surface area contributed by atoms with E-state index in [0.717, 1.165) is 16.8 Å². The molecule has 0 saturated heterocycles. The molecule has 4 rings (SSSR count). The second-order valence-electron chi connectivity index (χ2n) is 5.85. The summed E-state index contributed by atoms with van der Waals surface area (Å²) in [5.74, 6) is 0.326. The van der Waals surface area contributed by atoms with Crippen LogP contribution >= 0.6 is 0 Å². The van der Waals surface area contributed by atoms with E-state index in [2.05, 4.69) is 30.7 Å². The molecule has 0 saturated carbocycles. The molecule has 136 valence electrons. The van der Waals surface area contributed by atoms with Crippen LogP contribution in [-0.2, 0) is 0 Å². The molecule has 0 aliphatic heterocycles. The summed E-state index contributed by atoms with van der Waals surface area (Å²) < 4.78 is 1.69. The van der Waals surface area contributed by atoms with E-state index in [1.807, 2.05) is 37.4 Å². The molecular formula is C18H17N7O2. The van der Waals surface area contributed by atoms with E-state index in [1.165, 1.54) is 6.07 Å². The second kappa shape index (κ2) is 6.79. The van der Waals surface area contributed by atoms with Crippen LogP contribution in [0.4, 0.5) is 10.7 Å². The predicted octanol–water partition coefficient (Wildman–Crippen LogP) is 2.25. The number of aromatic nitrogens is 5. The van der Waals surface area contributed by atoms with Crippen molar-refractivity contribution in [2.24, 2.45) is 0 Å². The number of hydrogen-bond acceptors (Lipinski definition) is 4. The average molecular weight is 363 g/mol. The van der Waals surface area contributed by atoms with Crippen molar-refractivity contribution in [1.82, 2.24) is 30.0 Å². The van der Waals surface area contributed by atoms with Gasteiger partial charge in [-0.15, -0.1) is 0 Å². The maximum atomic E-state index is 11.8. The van der Waals surface area contributed by atoms with Crippen molar-refractivity contribution >= 4 is 23.0 Å². The van der Waals surface area contributed by atoms with E-state index in [4.69, 9.17) is 0 Å². The first-order chi connectivity index (χ1) is 13.1. The second-order valence-corrected chi connectivity index (χ2v) is 5.85. The molecule has 0 radical (unpaired) electrons. The number of H-pyrrole nitrogens is 2. The van der Waals surface area contributed by atoms with E-state index in [0.29, 0.717) is 23.5 Å². The van der Waals surface area contributed by atoms with Crippen molar-refractivity contribution in [2.45, 2.75) is 6.92 Å². The lowest BCUT2D eigenvalue weighted by molar-refractivity contribution is 0.252. The van der Waals surface area contributed by atoms with Crippen molar-refractivity contribution in [3.05, 3.63) is 59.3 Å². The zero-order chi connectivity index (χ0) is 18.8. The summed E-state index contributed by atoms with van der Waals surface area (Å²) in [6.07, 6.45) is 5.08. The normalized spacial score (nSPS) is 10.9. The zero-order valence-electron chi connectivity index (χ0n) is 14.5. The number of hydrogen-bond donors (Lipinski definition) is 4. The Balaban J connectivity index is 1.87. The SMILES string of the molecule is CCNC(=O)Nc1nc2c(-n3cccn3)cc(-c3cc[nH]c(=O)c3)cc2[nH]1. The van der Waals surface area contributed by atoms with Gasteiger partial charge in [0.15, 0.2) is 0 Å². The number of pyridine rings is 1. The minimum Gasteiger partial charge on any atom is -0.338 e. The predicted molar refractivity (Wildman–Crippen MR) is 102 cm³/mol. The quantitative estimate of drug-likeness (QED) is 0.444. The van der Waals surface area contributed by atoms with Gasteiger partial charge in [-0.1, -0.05) is 0 Å². The summed E-state index contributed by atoms with van der Waals surface area (Å²) in [6, 6.07) is 8.60. The molecule has 0 unspecified atom stereocenters. The highest BCUT2D eigenvalue weighted by atomic mass is 16.2. The molecule has 4 aromatic rings. The molecule has 9 nitrogen and oxygen atoms in total. The maximum absolute atomic E-state index is 11.8. The number of amides is 2. The Kier molecular flexibility index (Phi) is 4.17. The molecule has 0 bridgehead atoms. The van der Waals surface area contributed by atoms with Crippen molar-refractivity contribution in [2.75, 3.05) is 11.9 Å². The van der Waals surface area contributed by atoms with Gasteiger partial charge in [-0.2, -0.15) is 5.10 Å². The maximum Gasteiger partial charge on any atom is 0.321 e. The van der Waals surface area contributed by atoms with Gasteiger partial charge in [0.2, 0.25) is 11.5 Å². The number of carbonyl (C=O) groups excluding carboxylic acids is 1. The van der Waals surface area contributed by atoms with Crippen LogP contribution < -0.4 is 16.2 Å². The fourth-order valence-electron chi connectivity index (χ4n) is 2.85. The van der Waals surface area contributed by atoms with Gasteiger partial charge in [-0.25, -0.2) is 14.5 Å². The molecule has 4 N–H and O–H groups in total. The number of nitrogens with zero attached hydrogens (tertiary/aromatic N) is 3. The molecule has 0 atom stereocenters. The largest absolute Gasteiger partial charge is 0.338 e. The van der Waals surface area contributed by atoms with Crippen LogP contribution in [0.1, 0.15) is 6.92 Å². The minimum atomic E-state index is -0.341. The van der Waals surface area contributed by atoms with E-state index in [9.17, 15) is 9.59 Å². The molecule has 1 aromatic carbocycles. The third kappa shape index (κ3) is 3.30. The van der Waals surface area contributed by atoms with Gasteiger partial charge in [-0.3, -0.25) is 10.1 Å². The monoisotopic (exact) mass is 363 g/mol. The fraction of sp³-hybridized carbons (Fsp3) is 0.111. The summed E-state index contributed by atoms with van der Waals surface area (Å²) in [6.45, 7) is 2.35. The fourth-order valence-corrected chi connectivity index (χ4v) is 2.85. The Hall–Kier alpha value is -3.88. The molecule has 0 aliphatic rings. The van der Waals surface area contributed by atoms with Crippen molar-refractivity contribution < 1.29 is 4.79 Å². The Morgan fingerprint density at radius 1 is 1.26 bits per heavy atom. The highest BCUT2D eigenvalue weighted by Gasteiger charge is 2.14. The van der Waals surface area contributed by atoms with E-state index in [-0.39, 0.29) is 11.6 Å². The standard InChI is InChI=1S/C18H17N7O2/c1-2-19-18(27)24-17-22-13-8-12(11-4-6-20-15(26)10-11)9-14(16(13)23-17)25-7-3-5-21-25/h3-10H,2H2,1H3,(H,20,26)(H3,19,22,23,24,27). The van der Waals surface area contributed by atoms with Crippen LogP contribution in [0.5, 0.6) is 0 Å². The Labute approximate surface area is 153 Å². The van der Waals surface area contributed by atoms with Gasteiger partial charge in [0.1, 0.15) is 5.52 Å². The van der Waals surface area contributed by atoms with Crippen molar-refractivity contribution in [3.63, 3.8) is 0 Å². The number of urea groups is 1. The van der Waals surface area contributed by atoms with Gasteiger partial charge in [-0.05, 0) is 42.3 Å². The summed E-state index contributed by atoms with van der Waals surface area (Å²) in [5.41, 5.74) is 3.50. The van der Waals surface area contributed by atoms with Gasteiger partial charge < -0.3 is 15.3 Å². The summed E-state index contributed by atoms with van der Waals surface area (Å²) >= 11 is 0. The minimum absolute atomic E-state index is 0.184. The van der Waals surface area contributed by atoms with Crippen LogP contribution in [-0.4, -0.2) is 37.3 Å². The van der Waals surface area contributed by atoms with Gasteiger partial charge in [0.05, 0.1) is 11.2 Å². The molecule has 3 heterocycles. The van der Waals surface area contributed by atoms with Gasteiger partial charge in [0.25, 0.3) is 0 Å². The Morgan fingerprint density at radius 3 is 2.89 bits per heavy atom. The topological polar surface area (TPSA) is 120 Å². The first kappa shape index (κ1) is 16.6. The number of fused-ring (bicyclic) bond motifs is 1. The number of nitrogens with one attached hydrogen (secondary N) is 4. The first-order valence-corrected chi connectivity index (χ1v) is 8.42. The van der Waals surface area contributed by atoms with Crippen LogP contribution in [0.25, 0.3) is 27.8 Å². The van der Waals surface area contributed by atoms with Gasteiger partial charge >= 0.3 is 6.03 Å². The number of imidazole rings is 1. The lowest BCUT2D eigenvalue weighted by Crippen LogP contribution is -2.28. The molecule has 9 heteroatoms. The number of anilines is 1. The third-order valence-corrected chi connectivity index (χ3v) is 4.00. The molecule has 0 fully saturated rings. The number of carbonyl (C=O) groups is 1. The number of aromatic amines is 2. The molecule has 27 heavy (non-hydrogen) atoms. The average Bonchev–Trinajstić information content (AvgIpc) is 3.30. The molecular weight excluding hydrogens is 346 g/mol. The van der Waals surface area contributed by atoms with Crippen LogP contribution in [0, 0.1) is 0 Å². The summed E-state index contributed by atoms with van der Waals surface area (Å²) in [7, 11) is 0. The zero-order valence-corrected chi connectivity index (χ0v) is 14.5. The first-order valence-electron chi connectivity index (χ1n) is 8.42. The molecule has 0 spiro atoms. The summed E-state index contributed by atoms with van der Waals surface area (Å²) in [4.78, 5) is 33.7. The van der Waals surface area contributed by atoms with Crippen LogP contribution in [0.2, 0.25) is 0 Å². The highest BCUT2D eigenvalue weighted by molar-refractivity contribution is 5.94. The summed E-state index contributed by atoms with van der Waals surface area (Å²) in [5, 5.41) is 9.61.